The SMILES string of the molecule is CNCC(C)CNC(=O)c1cc(Cl)cc([N+](=O)[O-])c1. The summed E-state index contributed by atoms with van der Waals surface area (Å²) in [5.74, 6) is -0.100. The highest BCUT2D eigenvalue weighted by atomic mass is 35.5. The van der Waals surface area contributed by atoms with Gasteiger partial charge in [0.2, 0.25) is 0 Å². The summed E-state index contributed by atoms with van der Waals surface area (Å²) >= 11 is 5.76. The highest BCUT2D eigenvalue weighted by Gasteiger charge is 2.14. The van der Waals surface area contributed by atoms with Gasteiger partial charge < -0.3 is 10.6 Å². The molecular formula is C12H16ClN3O3. The van der Waals surface area contributed by atoms with Crippen molar-refractivity contribution in [3.63, 3.8) is 0 Å². The fraction of sp³-hybridized carbons (Fsp3) is 0.417. The molecular weight excluding hydrogens is 270 g/mol. The monoisotopic (exact) mass is 285 g/mol. The number of carbonyl (C=O) groups excluding carboxylic acids is 1. The lowest BCUT2D eigenvalue weighted by atomic mass is 10.1. The molecule has 0 radical (unpaired) electrons. The van der Waals surface area contributed by atoms with E-state index in [0.717, 1.165) is 6.54 Å². The Hall–Kier alpha value is -1.66. The molecule has 19 heavy (non-hydrogen) atoms. The van der Waals surface area contributed by atoms with Crippen LogP contribution in [0.5, 0.6) is 0 Å². The van der Waals surface area contributed by atoms with Gasteiger partial charge >= 0.3 is 0 Å². The van der Waals surface area contributed by atoms with E-state index < -0.39 is 4.92 Å². The van der Waals surface area contributed by atoms with Gasteiger partial charge in [-0.1, -0.05) is 18.5 Å². The number of carbonyl (C=O) groups is 1. The summed E-state index contributed by atoms with van der Waals surface area (Å²) in [6.45, 7) is 3.24. The zero-order valence-corrected chi connectivity index (χ0v) is 11.5. The van der Waals surface area contributed by atoms with Gasteiger partial charge in [0, 0.05) is 29.3 Å². The molecule has 0 aromatic heterocycles. The molecule has 1 atom stereocenters. The summed E-state index contributed by atoms with van der Waals surface area (Å²) in [5.41, 5.74) is -0.00298. The molecule has 0 saturated heterocycles. The third kappa shape index (κ3) is 4.84. The number of halogens is 1. The van der Waals surface area contributed by atoms with Crippen molar-refractivity contribution >= 4 is 23.2 Å². The number of rotatable bonds is 6. The Morgan fingerprint density at radius 3 is 2.68 bits per heavy atom. The van der Waals surface area contributed by atoms with Crippen molar-refractivity contribution in [2.45, 2.75) is 6.92 Å². The Kier molecular flexibility index (Phi) is 5.72. The summed E-state index contributed by atoms with van der Waals surface area (Å²) in [7, 11) is 1.83. The van der Waals surface area contributed by atoms with Crippen molar-refractivity contribution in [1.29, 1.82) is 0 Å². The molecule has 1 rings (SSSR count). The largest absolute Gasteiger partial charge is 0.352 e. The van der Waals surface area contributed by atoms with E-state index >= 15 is 0 Å². The van der Waals surface area contributed by atoms with E-state index in [1.165, 1.54) is 18.2 Å². The molecule has 0 heterocycles. The van der Waals surface area contributed by atoms with Crippen LogP contribution in [-0.2, 0) is 0 Å². The average Bonchev–Trinajstić information content (AvgIpc) is 2.35. The fourth-order valence-corrected chi connectivity index (χ4v) is 1.83. The van der Waals surface area contributed by atoms with Gasteiger partial charge in [0.15, 0.2) is 0 Å². The van der Waals surface area contributed by atoms with E-state index in [-0.39, 0.29) is 28.1 Å². The van der Waals surface area contributed by atoms with Crippen LogP contribution in [0.2, 0.25) is 5.02 Å². The zero-order chi connectivity index (χ0) is 14.4. The number of hydrogen-bond acceptors (Lipinski definition) is 4. The number of non-ortho nitro benzene ring substituents is 1. The lowest BCUT2D eigenvalue weighted by molar-refractivity contribution is -0.384. The predicted molar refractivity (Wildman–Crippen MR) is 73.5 cm³/mol. The molecule has 7 heteroatoms. The van der Waals surface area contributed by atoms with Crippen molar-refractivity contribution in [2.75, 3.05) is 20.1 Å². The summed E-state index contributed by atoms with van der Waals surface area (Å²) < 4.78 is 0. The molecule has 2 N–H and O–H groups in total. The molecule has 0 fully saturated rings. The molecule has 0 saturated carbocycles. The summed E-state index contributed by atoms with van der Waals surface area (Å²) in [6.07, 6.45) is 0. The second kappa shape index (κ2) is 7.06. The molecule has 0 bridgehead atoms. The lowest BCUT2D eigenvalue weighted by Gasteiger charge is -2.12. The third-order valence-electron chi connectivity index (χ3n) is 2.52. The number of nitro groups is 1. The quantitative estimate of drug-likeness (QED) is 0.617. The maximum absolute atomic E-state index is 11.9. The summed E-state index contributed by atoms with van der Waals surface area (Å²) in [4.78, 5) is 22.0. The van der Waals surface area contributed by atoms with Gasteiger partial charge in [0.1, 0.15) is 0 Å². The highest BCUT2D eigenvalue weighted by molar-refractivity contribution is 6.31. The Labute approximate surface area is 116 Å². The molecule has 1 unspecified atom stereocenters. The number of benzene rings is 1. The van der Waals surface area contributed by atoms with Crippen molar-refractivity contribution in [2.24, 2.45) is 5.92 Å². The number of nitro benzene ring substituents is 1. The second-order valence-electron chi connectivity index (χ2n) is 4.33. The van der Waals surface area contributed by atoms with E-state index in [2.05, 4.69) is 10.6 Å². The summed E-state index contributed by atoms with van der Waals surface area (Å²) in [6, 6.07) is 3.83. The predicted octanol–water partition coefficient (Wildman–Crippen LogP) is 1.83. The molecule has 1 aromatic carbocycles. The number of nitrogens with one attached hydrogen (secondary N) is 2. The number of amides is 1. The highest BCUT2D eigenvalue weighted by Crippen LogP contribution is 2.20. The average molecular weight is 286 g/mol. The van der Waals surface area contributed by atoms with Crippen LogP contribution < -0.4 is 10.6 Å². The van der Waals surface area contributed by atoms with Crippen molar-refractivity contribution in [3.8, 4) is 0 Å². The van der Waals surface area contributed by atoms with Gasteiger partial charge in [0.25, 0.3) is 11.6 Å². The van der Waals surface area contributed by atoms with Gasteiger partial charge in [-0.25, -0.2) is 0 Å². The molecule has 1 amide bonds. The minimum absolute atomic E-state index is 0.169. The van der Waals surface area contributed by atoms with E-state index in [1.54, 1.807) is 0 Å². The minimum atomic E-state index is -0.577. The molecule has 0 spiro atoms. The van der Waals surface area contributed by atoms with E-state index in [4.69, 9.17) is 11.6 Å². The van der Waals surface area contributed by atoms with Gasteiger partial charge in [-0.2, -0.15) is 0 Å². The molecule has 1 aromatic rings. The van der Waals surface area contributed by atoms with Crippen molar-refractivity contribution in [1.82, 2.24) is 10.6 Å². The first kappa shape index (κ1) is 15.4. The Bertz CT molecular complexity index is 479. The standard InChI is InChI=1S/C12H16ClN3O3/c1-8(6-14-2)7-15-12(17)9-3-10(13)5-11(4-9)16(18)19/h3-5,8,14H,6-7H2,1-2H3,(H,15,17). The second-order valence-corrected chi connectivity index (χ2v) is 4.76. The van der Waals surface area contributed by atoms with E-state index in [0.29, 0.717) is 6.54 Å². The number of nitrogens with zero attached hydrogens (tertiary/aromatic N) is 1. The van der Waals surface area contributed by atoms with Crippen molar-refractivity contribution < 1.29 is 9.72 Å². The van der Waals surface area contributed by atoms with Gasteiger partial charge in [0.05, 0.1) is 4.92 Å². The first-order valence-electron chi connectivity index (χ1n) is 5.81. The van der Waals surface area contributed by atoms with Gasteiger partial charge in [-0.05, 0) is 25.6 Å². The van der Waals surface area contributed by atoms with Crippen LogP contribution in [0, 0.1) is 16.0 Å². The normalized spacial score (nSPS) is 11.9. The Morgan fingerprint density at radius 2 is 2.11 bits per heavy atom. The Morgan fingerprint density at radius 1 is 1.42 bits per heavy atom. The Balaban J connectivity index is 2.74. The molecule has 0 aliphatic rings. The van der Waals surface area contributed by atoms with Crippen molar-refractivity contribution in [3.05, 3.63) is 38.9 Å². The van der Waals surface area contributed by atoms with E-state index in [9.17, 15) is 14.9 Å². The van der Waals surface area contributed by atoms with Gasteiger partial charge in [-0.3, -0.25) is 14.9 Å². The molecule has 0 aliphatic carbocycles. The first-order chi connectivity index (χ1) is 8.93. The smallest absolute Gasteiger partial charge is 0.271 e. The maximum atomic E-state index is 11.9. The van der Waals surface area contributed by atoms with Crippen LogP contribution in [0.15, 0.2) is 18.2 Å². The van der Waals surface area contributed by atoms with Crippen LogP contribution >= 0.6 is 11.6 Å². The van der Waals surface area contributed by atoms with Crippen LogP contribution in [0.3, 0.4) is 0 Å². The topological polar surface area (TPSA) is 84.3 Å². The van der Waals surface area contributed by atoms with E-state index in [1.807, 2.05) is 14.0 Å². The van der Waals surface area contributed by atoms with Gasteiger partial charge in [-0.15, -0.1) is 0 Å². The lowest BCUT2D eigenvalue weighted by Crippen LogP contribution is -2.32. The minimum Gasteiger partial charge on any atom is -0.352 e. The van der Waals surface area contributed by atoms with Crippen LogP contribution in [0.4, 0.5) is 5.69 Å². The molecule has 6 nitrogen and oxygen atoms in total. The van der Waals surface area contributed by atoms with Crippen LogP contribution in [0.1, 0.15) is 17.3 Å². The first-order valence-corrected chi connectivity index (χ1v) is 6.19. The molecule has 104 valence electrons. The third-order valence-corrected chi connectivity index (χ3v) is 2.74. The fourth-order valence-electron chi connectivity index (χ4n) is 1.60. The summed E-state index contributed by atoms with van der Waals surface area (Å²) in [5, 5.41) is 16.6. The maximum Gasteiger partial charge on any atom is 0.271 e. The number of hydrogen-bond donors (Lipinski definition) is 2. The van der Waals surface area contributed by atoms with Crippen LogP contribution in [-0.4, -0.2) is 31.0 Å². The zero-order valence-electron chi connectivity index (χ0n) is 10.8. The van der Waals surface area contributed by atoms with Crippen LogP contribution in [0.25, 0.3) is 0 Å². The molecule has 0 aliphatic heterocycles.